The van der Waals surface area contributed by atoms with Crippen molar-refractivity contribution in [2.24, 2.45) is 0 Å². The number of hydrogen-bond donors (Lipinski definition) is 1. The number of pyridine rings is 1. The van der Waals surface area contributed by atoms with E-state index in [1.165, 1.54) is 17.5 Å². The van der Waals surface area contributed by atoms with Crippen LogP contribution in [-0.2, 0) is 0 Å². The first kappa shape index (κ1) is 9.82. The van der Waals surface area contributed by atoms with Crippen molar-refractivity contribution in [1.82, 2.24) is 9.97 Å². The van der Waals surface area contributed by atoms with Crippen LogP contribution in [0.25, 0.3) is 10.3 Å². The minimum absolute atomic E-state index is 0.0306. The second kappa shape index (κ2) is 3.45. The Kier molecular flexibility index (Phi) is 2.42. The van der Waals surface area contributed by atoms with Crippen molar-refractivity contribution in [1.29, 1.82) is 0 Å². The number of hydrogen-bond acceptors (Lipinski definition) is 4. The Labute approximate surface area is 95.7 Å². The number of fused-ring (bicyclic) bond motifs is 1. The van der Waals surface area contributed by atoms with Crippen LogP contribution in [0, 0.1) is 0 Å². The maximum atomic E-state index is 10.7. The molecule has 0 saturated carbocycles. The Morgan fingerprint density at radius 1 is 1.64 bits per heavy atom. The second-order valence-electron chi connectivity index (χ2n) is 2.41. The third-order valence-corrected chi connectivity index (χ3v) is 3.37. The fourth-order valence-electron chi connectivity index (χ4n) is 0.974. The predicted octanol–water partition coefficient (Wildman–Crippen LogP) is 2.81. The summed E-state index contributed by atoms with van der Waals surface area (Å²) >= 11 is 10.3. The van der Waals surface area contributed by atoms with Crippen LogP contribution in [0.3, 0.4) is 0 Å². The van der Waals surface area contributed by atoms with Crippen LogP contribution in [0.4, 0.5) is 0 Å². The van der Waals surface area contributed by atoms with Gasteiger partial charge in [0.05, 0.1) is 10.6 Å². The number of thiazole rings is 1. The van der Waals surface area contributed by atoms with Gasteiger partial charge in [-0.25, -0.2) is 14.8 Å². The smallest absolute Gasteiger partial charge is 0.338 e. The topological polar surface area (TPSA) is 63.1 Å². The maximum Gasteiger partial charge on any atom is 0.338 e. The molecule has 14 heavy (non-hydrogen) atoms. The Balaban J connectivity index is 2.80. The van der Waals surface area contributed by atoms with Crippen LogP contribution in [-0.4, -0.2) is 21.0 Å². The molecule has 0 spiro atoms. The van der Waals surface area contributed by atoms with Crippen LogP contribution in [0.15, 0.2) is 10.1 Å². The standard InChI is InChI=1S/C7H2BrClN2O2S/c8-7-11-4-3(9)2(6(12)13)1-10-5(4)14-7/h1H,(H,12,13). The van der Waals surface area contributed by atoms with Gasteiger partial charge in [-0.2, -0.15) is 0 Å². The third-order valence-electron chi connectivity index (χ3n) is 1.57. The molecule has 7 heteroatoms. The van der Waals surface area contributed by atoms with Gasteiger partial charge in [0.15, 0.2) is 3.92 Å². The molecule has 0 aliphatic carbocycles. The van der Waals surface area contributed by atoms with E-state index >= 15 is 0 Å². The number of aromatic carboxylic acids is 1. The summed E-state index contributed by atoms with van der Waals surface area (Å²) in [7, 11) is 0. The summed E-state index contributed by atoms with van der Waals surface area (Å²) in [6.45, 7) is 0. The average Bonchev–Trinajstić information content (AvgIpc) is 2.46. The molecule has 0 fully saturated rings. The zero-order valence-corrected chi connectivity index (χ0v) is 9.65. The van der Waals surface area contributed by atoms with E-state index in [9.17, 15) is 4.79 Å². The van der Waals surface area contributed by atoms with Crippen molar-refractivity contribution in [2.45, 2.75) is 0 Å². The molecule has 0 bridgehead atoms. The van der Waals surface area contributed by atoms with Crippen LogP contribution in [0.2, 0.25) is 5.02 Å². The second-order valence-corrected chi connectivity index (χ2v) is 5.04. The Morgan fingerprint density at radius 3 is 3.00 bits per heavy atom. The maximum absolute atomic E-state index is 10.7. The number of carbonyl (C=O) groups is 1. The van der Waals surface area contributed by atoms with Gasteiger partial charge in [-0.05, 0) is 15.9 Å². The van der Waals surface area contributed by atoms with E-state index in [1.807, 2.05) is 0 Å². The molecule has 0 unspecified atom stereocenters. The van der Waals surface area contributed by atoms with Gasteiger partial charge in [0.25, 0.3) is 0 Å². The molecule has 0 aliphatic rings. The largest absolute Gasteiger partial charge is 0.478 e. The van der Waals surface area contributed by atoms with E-state index in [4.69, 9.17) is 16.7 Å². The highest BCUT2D eigenvalue weighted by atomic mass is 79.9. The summed E-state index contributed by atoms with van der Waals surface area (Å²) in [5.74, 6) is -1.10. The molecule has 0 radical (unpaired) electrons. The molecule has 2 rings (SSSR count). The van der Waals surface area contributed by atoms with Crippen molar-refractivity contribution >= 4 is 55.2 Å². The van der Waals surface area contributed by atoms with E-state index < -0.39 is 5.97 Å². The molecular formula is C7H2BrClN2O2S. The van der Waals surface area contributed by atoms with Crippen LogP contribution in [0.5, 0.6) is 0 Å². The molecular weight excluding hydrogens is 292 g/mol. The monoisotopic (exact) mass is 292 g/mol. The molecule has 0 saturated heterocycles. The lowest BCUT2D eigenvalue weighted by molar-refractivity contribution is 0.0697. The molecule has 2 aromatic rings. The summed E-state index contributed by atoms with van der Waals surface area (Å²) in [6, 6.07) is 0. The van der Waals surface area contributed by atoms with E-state index in [2.05, 4.69) is 25.9 Å². The van der Waals surface area contributed by atoms with Gasteiger partial charge in [-0.15, -0.1) is 0 Å². The number of carboxylic acids is 1. The predicted molar refractivity (Wildman–Crippen MR) is 57.1 cm³/mol. The first-order valence-electron chi connectivity index (χ1n) is 3.43. The molecule has 2 heterocycles. The van der Waals surface area contributed by atoms with Gasteiger partial charge in [0.1, 0.15) is 10.3 Å². The summed E-state index contributed by atoms with van der Waals surface area (Å²) in [5, 5.41) is 8.90. The molecule has 0 aliphatic heterocycles. The zero-order chi connectivity index (χ0) is 10.3. The third kappa shape index (κ3) is 1.49. The van der Waals surface area contributed by atoms with Gasteiger partial charge in [0.2, 0.25) is 0 Å². The quantitative estimate of drug-likeness (QED) is 0.878. The number of rotatable bonds is 1. The molecule has 4 nitrogen and oxygen atoms in total. The minimum atomic E-state index is -1.10. The molecule has 0 amide bonds. The highest BCUT2D eigenvalue weighted by Gasteiger charge is 2.15. The van der Waals surface area contributed by atoms with Crippen molar-refractivity contribution in [3.63, 3.8) is 0 Å². The van der Waals surface area contributed by atoms with E-state index in [0.29, 0.717) is 14.3 Å². The molecule has 0 atom stereocenters. The Hall–Kier alpha value is -0.720. The lowest BCUT2D eigenvalue weighted by Crippen LogP contribution is -1.98. The summed E-state index contributed by atoms with van der Waals surface area (Å²) in [5.41, 5.74) is 0.389. The van der Waals surface area contributed by atoms with Gasteiger partial charge in [0, 0.05) is 6.20 Å². The first-order valence-corrected chi connectivity index (χ1v) is 5.42. The fourth-order valence-corrected chi connectivity index (χ4v) is 2.57. The van der Waals surface area contributed by atoms with Gasteiger partial charge >= 0.3 is 5.97 Å². The number of carboxylic acid groups (broad SMARTS) is 1. The summed E-state index contributed by atoms with van der Waals surface area (Å²) in [4.78, 5) is 19.3. The van der Waals surface area contributed by atoms with Gasteiger partial charge in [-0.3, -0.25) is 0 Å². The summed E-state index contributed by atoms with van der Waals surface area (Å²) in [6.07, 6.45) is 1.23. The Bertz CT molecular complexity index is 528. The Morgan fingerprint density at radius 2 is 2.36 bits per heavy atom. The van der Waals surface area contributed by atoms with Gasteiger partial charge in [-0.1, -0.05) is 22.9 Å². The van der Waals surface area contributed by atoms with E-state index in [1.54, 1.807) is 0 Å². The van der Waals surface area contributed by atoms with Gasteiger partial charge < -0.3 is 5.11 Å². The number of aromatic nitrogens is 2. The molecule has 0 aromatic carbocycles. The highest BCUT2D eigenvalue weighted by molar-refractivity contribution is 9.11. The normalized spacial score (nSPS) is 10.7. The van der Waals surface area contributed by atoms with Crippen molar-refractivity contribution in [2.75, 3.05) is 0 Å². The van der Waals surface area contributed by atoms with Crippen LogP contribution < -0.4 is 0 Å². The summed E-state index contributed by atoms with van der Waals surface area (Å²) < 4.78 is 0.629. The lowest BCUT2D eigenvalue weighted by atomic mass is 10.3. The van der Waals surface area contributed by atoms with E-state index in [-0.39, 0.29) is 10.6 Å². The minimum Gasteiger partial charge on any atom is -0.478 e. The van der Waals surface area contributed by atoms with E-state index in [0.717, 1.165) is 0 Å². The van der Waals surface area contributed by atoms with Crippen molar-refractivity contribution in [3.8, 4) is 0 Å². The van der Waals surface area contributed by atoms with Crippen molar-refractivity contribution < 1.29 is 9.90 Å². The highest BCUT2D eigenvalue weighted by Crippen LogP contribution is 2.31. The lowest BCUT2D eigenvalue weighted by Gasteiger charge is -1.96. The fraction of sp³-hybridized carbons (Fsp3) is 0. The number of nitrogens with zero attached hydrogens (tertiary/aromatic N) is 2. The molecule has 2 aromatic heterocycles. The van der Waals surface area contributed by atoms with Crippen LogP contribution >= 0.6 is 38.9 Å². The SMILES string of the molecule is O=C(O)c1cnc2sc(Br)nc2c1Cl. The van der Waals surface area contributed by atoms with Crippen LogP contribution in [0.1, 0.15) is 10.4 Å². The van der Waals surface area contributed by atoms with Crippen molar-refractivity contribution in [3.05, 3.63) is 20.7 Å². The first-order chi connectivity index (χ1) is 6.59. The average molecular weight is 294 g/mol. The zero-order valence-electron chi connectivity index (χ0n) is 6.49. The molecule has 1 N–H and O–H groups in total. The molecule has 72 valence electrons. The number of halogens is 2.